The van der Waals surface area contributed by atoms with Gasteiger partial charge in [0.05, 0.1) is 24.2 Å². The number of fused-ring (bicyclic) bond motifs is 2. The highest BCUT2D eigenvalue weighted by molar-refractivity contribution is 8.00. The van der Waals surface area contributed by atoms with E-state index in [0.29, 0.717) is 22.8 Å². The number of rotatable bonds is 6. The molecule has 7 heteroatoms. The first-order valence-corrected chi connectivity index (χ1v) is 12.8. The fourth-order valence-corrected chi connectivity index (χ4v) is 5.57. The molecular weight excluding hydrogens is 476 g/mol. The van der Waals surface area contributed by atoms with Gasteiger partial charge < -0.3 is 10.1 Å². The second kappa shape index (κ2) is 10.3. The van der Waals surface area contributed by atoms with Crippen LogP contribution in [0.1, 0.15) is 10.4 Å². The Balaban J connectivity index is 1.24. The maximum Gasteiger partial charge on any atom is 0.255 e. The van der Waals surface area contributed by atoms with E-state index in [1.807, 2.05) is 77.7 Å². The Bertz CT molecular complexity index is 1330. The van der Waals surface area contributed by atoms with E-state index in [1.165, 1.54) is 11.8 Å². The molecule has 0 saturated heterocycles. The third-order valence-electron chi connectivity index (χ3n) is 5.51. The van der Waals surface area contributed by atoms with E-state index in [9.17, 15) is 9.59 Å². The van der Waals surface area contributed by atoms with Crippen molar-refractivity contribution in [1.82, 2.24) is 0 Å². The summed E-state index contributed by atoms with van der Waals surface area (Å²) in [5, 5.41) is 2.89. The monoisotopic (exact) mass is 498 g/mol. The molecule has 1 aliphatic rings. The van der Waals surface area contributed by atoms with Crippen LogP contribution in [0.15, 0.2) is 112 Å². The van der Waals surface area contributed by atoms with E-state index in [4.69, 9.17) is 4.74 Å². The number of anilines is 3. The van der Waals surface area contributed by atoms with Crippen LogP contribution in [-0.4, -0.2) is 24.7 Å². The van der Waals surface area contributed by atoms with Crippen LogP contribution in [0.5, 0.6) is 5.75 Å². The summed E-state index contributed by atoms with van der Waals surface area (Å²) in [4.78, 5) is 30.7. The molecule has 5 rings (SSSR count). The van der Waals surface area contributed by atoms with Crippen molar-refractivity contribution in [3.8, 4) is 5.75 Å². The second-order valence-corrected chi connectivity index (χ2v) is 9.89. The van der Waals surface area contributed by atoms with Crippen molar-refractivity contribution in [3.05, 3.63) is 103 Å². The largest absolute Gasteiger partial charge is 0.497 e. The van der Waals surface area contributed by atoms with Crippen LogP contribution in [0.3, 0.4) is 0 Å². The molecule has 0 bridgehead atoms. The molecule has 1 N–H and O–H groups in total. The zero-order valence-corrected chi connectivity index (χ0v) is 20.6. The zero-order valence-electron chi connectivity index (χ0n) is 18.9. The summed E-state index contributed by atoms with van der Waals surface area (Å²) in [6, 6.07) is 30.4. The van der Waals surface area contributed by atoms with E-state index in [2.05, 4.69) is 5.32 Å². The standard InChI is InChI=1S/C28H22N2O3S2/c1-33-21-14-10-19(11-15-21)28(32)29-20-12-16-22(17-13-20)34-18-27(31)30-23-6-2-4-8-25(23)35-26-9-5-3-7-24(26)30/h2-17H,18H2,1H3,(H,29,32). The molecule has 0 atom stereocenters. The number of hydrogen-bond acceptors (Lipinski definition) is 5. The van der Waals surface area contributed by atoms with Gasteiger partial charge in [-0.1, -0.05) is 36.0 Å². The van der Waals surface area contributed by atoms with Gasteiger partial charge in [0.2, 0.25) is 5.91 Å². The first kappa shape index (κ1) is 23.1. The minimum Gasteiger partial charge on any atom is -0.497 e. The van der Waals surface area contributed by atoms with Gasteiger partial charge in [-0.2, -0.15) is 0 Å². The molecule has 0 spiro atoms. The maximum atomic E-state index is 13.3. The number of methoxy groups -OCH3 is 1. The summed E-state index contributed by atoms with van der Waals surface area (Å²) in [6.45, 7) is 0. The summed E-state index contributed by atoms with van der Waals surface area (Å²) >= 11 is 3.16. The van der Waals surface area contributed by atoms with Crippen molar-refractivity contribution in [3.63, 3.8) is 0 Å². The van der Waals surface area contributed by atoms with Crippen LogP contribution < -0.4 is 15.0 Å². The summed E-state index contributed by atoms with van der Waals surface area (Å²) in [5.74, 6) is 0.827. The Morgan fingerprint density at radius 3 is 2.03 bits per heavy atom. The van der Waals surface area contributed by atoms with Crippen LogP contribution in [-0.2, 0) is 4.79 Å². The second-order valence-electron chi connectivity index (χ2n) is 7.76. The topological polar surface area (TPSA) is 58.6 Å². The number of amides is 2. The lowest BCUT2D eigenvalue weighted by Crippen LogP contribution is -2.29. The summed E-state index contributed by atoms with van der Waals surface area (Å²) in [5.41, 5.74) is 3.07. The van der Waals surface area contributed by atoms with Crippen LogP contribution in [0.25, 0.3) is 0 Å². The molecule has 174 valence electrons. The number of carbonyl (C=O) groups is 2. The summed E-state index contributed by atoms with van der Waals surface area (Å²) in [7, 11) is 1.59. The van der Waals surface area contributed by atoms with Gasteiger partial charge in [0, 0.05) is 25.9 Å². The molecule has 1 heterocycles. The lowest BCUT2D eigenvalue weighted by molar-refractivity contribution is -0.115. The van der Waals surface area contributed by atoms with E-state index in [1.54, 1.807) is 43.1 Å². The first-order chi connectivity index (χ1) is 17.1. The lowest BCUT2D eigenvalue weighted by Gasteiger charge is -2.31. The molecule has 0 aliphatic carbocycles. The smallest absolute Gasteiger partial charge is 0.255 e. The number of hydrogen-bond donors (Lipinski definition) is 1. The van der Waals surface area contributed by atoms with Gasteiger partial charge in [0.15, 0.2) is 0 Å². The van der Waals surface area contributed by atoms with Gasteiger partial charge in [-0.25, -0.2) is 0 Å². The average molecular weight is 499 g/mol. The Hall–Kier alpha value is -3.68. The number of nitrogens with zero attached hydrogens (tertiary/aromatic N) is 1. The van der Waals surface area contributed by atoms with E-state index < -0.39 is 0 Å². The molecule has 5 nitrogen and oxygen atoms in total. The Morgan fingerprint density at radius 2 is 1.43 bits per heavy atom. The van der Waals surface area contributed by atoms with Crippen LogP contribution >= 0.6 is 23.5 Å². The number of carbonyl (C=O) groups excluding carboxylic acids is 2. The fourth-order valence-electron chi connectivity index (χ4n) is 3.76. The van der Waals surface area contributed by atoms with Gasteiger partial charge in [-0.15, -0.1) is 11.8 Å². The Morgan fingerprint density at radius 1 is 0.829 bits per heavy atom. The predicted molar refractivity (Wildman–Crippen MR) is 142 cm³/mol. The van der Waals surface area contributed by atoms with Crippen molar-refractivity contribution < 1.29 is 14.3 Å². The fraction of sp³-hybridized carbons (Fsp3) is 0.0714. The zero-order chi connectivity index (χ0) is 24.2. The van der Waals surface area contributed by atoms with Crippen molar-refractivity contribution in [2.24, 2.45) is 0 Å². The SMILES string of the molecule is COc1ccc(C(=O)Nc2ccc(SCC(=O)N3c4ccccc4Sc4ccccc43)cc2)cc1. The third kappa shape index (κ3) is 5.06. The third-order valence-corrected chi connectivity index (χ3v) is 7.64. The minimum absolute atomic E-state index is 0.0204. The molecule has 0 radical (unpaired) electrons. The highest BCUT2D eigenvalue weighted by atomic mass is 32.2. The lowest BCUT2D eigenvalue weighted by atomic mass is 10.2. The van der Waals surface area contributed by atoms with E-state index in [0.717, 1.165) is 26.1 Å². The van der Waals surface area contributed by atoms with Crippen molar-refractivity contribution in [2.75, 3.05) is 23.1 Å². The predicted octanol–water partition coefficient (Wildman–Crippen LogP) is 6.87. The molecule has 1 aliphatic heterocycles. The number of benzene rings is 4. The Kier molecular flexibility index (Phi) is 6.79. The van der Waals surface area contributed by atoms with Gasteiger partial charge >= 0.3 is 0 Å². The molecule has 4 aromatic carbocycles. The number of para-hydroxylation sites is 2. The Labute approximate surface area is 212 Å². The minimum atomic E-state index is -0.191. The number of nitrogens with one attached hydrogen (secondary N) is 1. The van der Waals surface area contributed by atoms with Crippen LogP contribution in [0, 0.1) is 0 Å². The summed E-state index contributed by atoms with van der Waals surface area (Å²) < 4.78 is 5.13. The van der Waals surface area contributed by atoms with E-state index >= 15 is 0 Å². The highest BCUT2D eigenvalue weighted by Gasteiger charge is 2.27. The molecule has 0 aromatic heterocycles. The van der Waals surface area contributed by atoms with Gasteiger partial charge in [-0.05, 0) is 72.8 Å². The van der Waals surface area contributed by atoms with Gasteiger partial charge in [0.25, 0.3) is 5.91 Å². The van der Waals surface area contributed by atoms with Crippen molar-refractivity contribution in [1.29, 1.82) is 0 Å². The molecule has 0 fully saturated rings. The highest BCUT2D eigenvalue weighted by Crippen LogP contribution is 2.48. The number of ether oxygens (including phenoxy) is 1. The average Bonchev–Trinajstić information content (AvgIpc) is 2.91. The molecule has 35 heavy (non-hydrogen) atoms. The molecule has 2 amide bonds. The first-order valence-electron chi connectivity index (χ1n) is 11.0. The number of thioether (sulfide) groups is 1. The van der Waals surface area contributed by atoms with Crippen molar-refractivity contribution >= 4 is 52.4 Å². The normalized spacial score (nSPS) is 11.9. The quantitative estimate of drug-likeness (QED) is 0.294. The van der Waals surface area contributed by atoms with E-state index in [-0.39, 0.29) is 11.8 Å². The molecular formula is C28H22N2O3S2. The molecule has 0 unspecified atom stereocenters. The van der Waals surface area contributed by atoms with Crippen LogP contribution in [0.4, 0.5) is 17.1 Å². The van der Waals surface area contributed by atoms with Gasteiger partial charge in [0.1, 0.15) is 5.75 Å². The molecule has 0 saturated carbocycles. The molecule has 4 aromatic rings. The van der Waals surface area contributed by atoms with Gasteiger partial charge in [-0.3, -0.25) is 14.5 Å². The maximum absolute atomic E-state index is 13.3. The summed E-state index contributed by atoms with van der Waals surface area (Å²) in [6.07, 6.45) is 0. The van der Waals surface area contributed by atoms with Crippen molar-refractivity contribution in [2.45, 2.75) is 14.7 Å². The van der Waals surface area contributed by atoms with Crippen LogP contribution in [0.2, 0.25) is 0 Å².